The molecular formula is C14H6N4O4. The van der Waals surface area contributed by atoms with Crippen molar-refractivity contribution in [2.45, 2.75) is 0 Å². The number of ketones is 2. The predicted molar refractivity (Wildman–Crippen MR) is 74.1 cm³/mol. The molecule has 4 rings (SSSR count). The van der Waals surface area contributed by atoms with Crippen LogP contribution in [0.25, 0.3) is 11.2 Å². The topological polar surface area (TPSA) is 126 Å². The fourth-order valence-electron chi connectivity index (χ4n) is 2.43. The van der Waals surface area contributed by atoms with Gasteiger partial charge in [0.2, 0.25) is 11.6 Å². The molecule has 8 nitrogen and oxygen atoms in total. The smallest absolute Gasteiger partial charge is 0.290 e. The summed E-state index contributed by atoms with van der Waals surface area (Å²) in [5, 5.41) is 0. The summed E-state index contributed by atoms with van der Waals surface area (Å²) >= 11 is 0. The molecule has 0 aliphatic heterocycles. The highest BCUT2D eigenvalue weighted by atomic mass is 16.2. The van der Waals surface area contributed by atoms with Crippen molar-refractivity contribution in [1.29, 1.82) is 0 Å². The minimum Gasteiger partial charge on any atom is -0.290 e. The molecule has 0 unspecified atom stereocenters. The van der Waals surface area contributed by atoms with E-state index in [0.29, 0.717) is 0 Å². The number of carbonyl (C=O) groups is 2. The lowest BCUT2D eigenvalue weighted by Crippen LogP contribution is -2.28. The Hall–Kier alpha value is -3.42. The number of hydrogen-bond donors (Lipinski definition) is 2. The number of aromatic nitrogens is 4. The summed E-state index contributed by atoms with van der Waals surface area (Å²) in [5.74, 6) is -0.953. The molecule has 1 aromatic carbocycles. The number of hydrogen-bond acceptors (Lipinski definition) is 6. The lowest BCUT2D eigenvalue weighted by atomic mass is 9.90. The number of benzene rings is 1. The van der Waals surface area contributed by atoms with Crippen molar-refractivity contribution in [1.82, 2.24) is 19.9 Å². The zero-order valence-corrected chi connectivity index (χ0v) is 10.8. The second kappa shape index (κ2) is 4.04. The fourth-order valence-corrected chi connectivity index (χ4v) is 2.43. The molecule has 8 heteroatoms. The maximum atomic E-state index is 12.4. The molecule has 1 aliphatic carbocycles. The average molecular weight is 294 g/mol. The van der Waals surface area contributed by atoms with Crippen molar-refractivity contribution in [3.8, 4) is 0 Å². The van der Waals surface area contributed by atoms with Crippen molar-refractivity contribution >= 4 is 22.7 Å². The van der Waals surface area contributed by atoms with Crippen molar-refractivity contribution in [3.63, 3.8) is 0 Å². The second-order valence-corrected chi connectivity index (χ2v) is 4.73. The second-order valence-electron chi connectivity index (χ2n) is 4.73. The van der Waals surface area contributed by atoms with Gasteiger partial charge in [-0.25, -0.2) is 14.8 Å². The lowest BCUT2D eigenvalue weighted by molar-refractivity contribution is 0.0972. The SMILES string of the molecule is O=C1c2ccccc2C(=O)c2nc3c(=O)[nH]c(=O)[nH]c3nc21. The molecule has 2 heterocycles. The quantitative estimate of drug-likeness (QED) is 0.462. The Balaban J connectivity index is 2.13. The number of nitrogens with zero attached hydrogens (tertiary/aromatic N) is 2. The molecule has 2 N–H and O–H groups in total. The van der Waals surface area contributed by atoms with Gasteiger partial charge < -0.3 is 0 Å². The molecule has 3 aromatic rings. The van der Waals surface area contributed by atoms with Gasteiger partial charge in [0, 0.05) is 11.1 Å². The van der Waals surface area contributed by atoms with Crippen LogP contribution in [0.4, 0.5) is 0 Å². The third kappa shape index (κ3) is 1.51. The molecule has 22 heavy (non-hydrogen) atoms. The highest BCUT2D eigenvalue weighted by molar-refractivity contribution is 6.27. The molecule has 0 saturated heterocycles. The third-order valence-electron chi connectivity index (χ3n) is 3.42. The zero-order chi connectivity index (χ0) is 15.4. The molecule has 0 amide bonds. The molecule has 1 aliphatic rings. The Bertz CT molecular complexity index is 1110. The van der Waals surface area contributed by atoms with E-state index in [0.717, 1.165) is 0 Å². The van der Waals surface area contributed by atoms with E-state index in [4.69, 9.17) is 0 Å². The lowest BCUT2D eigenvalue weighted by Gasteiger charge is -2.15. The van der Waals surface area contributed by atoms with Crippen molar-refractivity contribution in [3.05, 3.63) is 67.6 Å². The van der Waals surface area contributed by atoms with Crippen LogP contribution in [-0.2, 0) is 0 Å². The monoisotopic (exact) mass is 294 g/mol. The summed E-state index contributed by atoms with van der Waals surface area (Å²) < 4.78 is 0. The number of rotatable bonds is 0. The Labute approximate surface area is 120 Å². The van der Waals surface area contributed by atoms with E-state index in [-0.39, 0.29) is 33.7 Å². The summed E-state index contributed by atoms with van der Waals surface area (Å²) in [4.78, 5) is 60.1. The molecule has 0 radical (unpaired) electrons. The Kier molecular flexibility index (Phi) is 2.27. The van der Waals surface area contributed by atoms with Crippen LogP contribution in [0.5, 0.6) is 0 Å². The first-order chi connectivity index (χ1) is 10.6. The fraction of sp³-hybridized carbons (Fsp3) is 0. The minimum atomic E-state index is -0.770. The van der Waals surface area contributed by atoms with Gasteiger partial charge in [0.25, 0.3) is 5.56 Å². The molecule has 106 valence electrons. The maximum absolute atomic E-state index is 12.4. The Morgan fingerprint density at radius 3 is 2.00 bits per heavy atom. The van der Waals surface area contributed by atoms with Gasteiger partial charge in [-0.2, -0.15) is 0 Å². The van der Waals surface area contributed by atoms with Crippen LogP contribution in [0.1, 0.15) is 32.1 Å². The van der Waals surface area contributed by atoms with Crippen LogP contribution in [0.2, 0.25) is 0 Å². The standard InChI is InChI=1S/C14H6N4O4/c19-10-5-3-1-2-4-6(5)11(20)8-7(10)15-9-12(16-8)17-14(22)18-13(9)21/h1-4H,(H2,16,17,18,21,22). The average Bonchev–Trinajstić information content (AvgIpc) is 2.51. The number of aromatic amines is 2. The van der Waals surface area contributed by atoms with Gasteiger partial charge in [0.15, 0.2) is 11.2 Å². The summed E-state index contributed by atoms with van der Waals surface area (Å²) in [7, 11) is 0. The minimum absolute atomic E-state index is 0.131. The molecule has 0 fully saturated rings. The summed E-state index contributed by atoms with van der Waals surface area (Å²) in [6.07, 6.45) is 0. The van der Waals surface area contributed by atoms with E-state index >= 15 is 0 Å². The van der Waals surface area contributed by atoms with Gasteiger partial charge in [-0.15, -0.1) is 0 Å². The number of carbonyl (C=O) groups excluding carboxylic acids is 2. The van der Waals surface area contributed by atoms with E-state index in [9.17, 15) is 19.2 Å². The van der Waals surface area contributed by atoms with E-state index < -0.39 is 22.8 Å². The van der Waals surface area contributed by atoms with Crippen molar-refractivity contribution < 1.29 is 9.59 Å². The summed E-state index contributed by atoms with van der Waals surface area (Å²) in [6, 6.07) is 6.30. The zero-order valence-electron chi connectivity index (χ0n) is 10.8. The normalized spacial score (nSPS) is 13.1. The van der Waals surface area contributed by atoms with E-state index in [1.54, 1.807) is 12.1 Å². The first-order valence-corrected chi connectivity index (χ1v) is 6.29. The number of H-pyrrole nitrogens is 2. The molecule has 0 atom stereocenters. The Morgan fingerprint density at radius 1 is 0.773 bits per heavy atom. The van der Waals surface area contributed by atoms with Gasteiger partial charge in [-0.3, -0.25) is 24.4 Å². The van der Waals surface area contributed by atoms with Crippen molar-refractivity contribution in [2.75, 3.05) is 0 Å². The van der Waals surface area contributed by atoms with Crippen LogP contribution in [0, 0.1) is 0 Å². The van der Waals surface area contributed by atoms with Crippen LogP contribution >= 0.6 is 0 Å². The predicted octanol–water partition coefficient (Wildman–Crippen LogP) is -0.218. The summed E-state index contributed by atoms with van der Waals surface area (Å²) in [5.41, 5.74) is -1.77. The van der Waals surface area contributed by atoms with Gasteiger partial charge in [0.1, 0.15) is 11.4 Å². The van der Waals surface area contributed by atoms with Crippen LogP contribution in [0.3, 0.4) is 0 Å². The molecular weight excluding hydrogens is 288 g/mol. The Morgan fingerprint density at radius 2 is 1.36 bits per heavy atom. The third-order valence-corrected chi connectivity index (χ3v) is 3.42. The maximum Gasteiger partial charge on any atom is 0.327 e. The number of fused-ring (bicyclic) bond motifs is 3. The van der Waals surface area contributed by atoms with Crippen LogP contribution < -0.4 is 11.2 Å². The van der Waals surface area contributed by atoms with Gasteiger partial charge in [0.05, 0.1) is 0 Å². The molecule has 0 spiro atoms. The summed E-state index contributed by atoms with van der Waals surface area (Å²) in [6.45, 7) is 0. The highest BCUT2D eigenvalue weighted by Crippen LogP contribution is 2.25. The van der Waals surface area contributed by atoms with Crippen LogP contribution in [-0.4, -0.2) is 31.5 Å². The molecule has 0 bridgehead atoms. The van der Waals surface area contributed by atoms with Gasteiger partial charge in [-0.05, 0) is 0 Å². The van der Waals surface area contributed by atoms with Crippen LogP contribution in [0.15, 0.2) is 33.9 Å². The molecule has 0 saturated carbocycles. The van der Waals surface area contributed by atoms with E-state index in [1.165, 1.54) is 12.1 Å². The van der Waals surface area contributed by atoms with E-state index in [1.807, 2.05) is 4.98 Å². The first kappa shape index (κ1) is 12.3. The van der Waals surface area contributed by atoms with Gasteiger partial charge in [-0.1, -0.05) is 24.3 Å². The van der Waals surface area contributed by atoms with Crippen molar-refractivity contribution in [2.24, 2.45) is 0 Å². The largest absolute Gasteiger partial charge is 0.327 e. The van der Waals surface area contributed by atoms with E-state index in [2.05, 4.69) is 15.0 Å². The first-order valence-electron chi connectivity index (χ1n) is 6.29. The number of nitrogens with one attached hydrogen (secondary N) is 2. The molecule has 2 aromatic heterocycles. The van der Waals surface area contributed by atoms with Gasteiger partial charge >= 0.3 is 5.69 Å². The highest BCUT2D eigenvalue weighted by Gasteiger charge is 2.32.